The van der Waals surface area contributed by atoms with Crippen LogP contribution >= 0.6 is 11.6 Å². The van der Waals surface area contributed by atoms with E-state index >= 15 is 0 Å². The van der Waals surface area contributed by atoms with Crippen molar-refractivity contribution in [3.63, 3.8) is 0 Å². The molecule has 1 N–H and O–H groups in total. The maximum Gasteiger partial charge on any atom is 0.317 e. The molecule has 1 aromatic carbocycles. The van der Waals surface area contributed by atoms with Crippen molar-refractivity contribution >= 4 is 27.5 Å². The van der Waals surface area contributed by atoms with Gasteiger partial charge in [0, 0.05) is 43.8 Å². The minimum Gasteiger partial charge on any atom is -0.334 e. The molecule has 1 unspecified atom stereocenters. The second-order valence-electron chi connectivity index (χ2n) is 6.37. The quantitative estimate of drug-likeness (QED) is 0.870. The summed E-state index contributed by atoms with van der Waals surface area (Å²) in [7, 11) is -2.86. The Morgan fingerprint density at radius 1 is 1.17 bits per heavy atom. The van der Waals surface area contributed by atoms with Gasteiger partial charge in [-0.1, -0.05) is 23.7 Å². The first kappa shape index (κ1) is 17.5. The number of benzene rings is 1. The number of piperazine rings is 1. The van der Waals surface area contributed by atoms with E-state index in [0.717, 1.165) is 18.7 Å². The van der Waals surface area contributed by atoms with Crippen molar-refractivity contribution in [1.29, 1.82) is 0 Å². The Bertz CT molecular complexity index is 685. The number of carbonyl (C=O) groups is 1. The van der Waals surface area contributed by atoms with E-state index in [4.69, 9.17) is 11.6 Å². The summed E-state index contributed by atoms with van der Waals surface area (Å²) in [5.41, 5.74) is 1.00. The lowest BCUT2D eigenvalue weighted by molar-refractivity contribution is 0.115. The molecule has 2 saturated heterocycles. The van der Waals surface area contributed by atoms with Crippen LogP contribution in [0.15, 0.2) is 24.3 Å². The second kappa shape index (κ2) is 7.29. The van der Waals surface area contributed by atoms with Crippen molar-refractivity contribution < 1.29 is 13.2 Å². The molecule has 132 valence electrons. The fourth-order valence-electron chi connectivity index (χ4n) is 3.25. The zero-order valence-corrected chi connectivity index (χ0v) is 15.0. The number of nitrogens with zero attached hydrogens (tertiary/aromatic N) is 2. The molecule has 1 atom stereocenters. The van der Waals surface area contributed by atoms with E-state index in [2.05, 4.69) is 10.2 Å². The summed E-state index contributed by atoms with van der Waals surface area (Å²) in [4.78, 5) is 16.2. The van der Waals surface area contributed by atoms with Crippen LogP contribution in [0.4, 0.5) is 4.79 Å². The number of rotatable bonds is 3. The number of urea groups is 1. The highest BCUT2D eigenvalue weighted by atomic mass is 35.5. The molecule has 0 radical (unpaired) electrons. The highest BCUT2D eigenvalue weighted by molar-refractivity contribution is 7.91. The molecule has 2 aliphatic rings. The van der Waals surface area contributed by atoms with Gasteiger partial charge >= 0.3 is 6.03 Å². The van der Waals surface area contributed by atoms with Gasteiger partial charge < -0.3 is 10.2 Å². The van der Waals surface area contributed by atoms with Crippen LogP contribution in [-0.2, 0) is 16.4 Å². The van der Waals surface area contributed by atoms with Crippen molar-refractivity contribution in [1.82, 2.24) is 15.1 Å². The summed E-state index contributed by atoms with van der Waals surface area (Å²) < 4.78 is 23.2. The smallest absolute Gasteiger partial charge is 0.317 e. The second-order valence-corrected chi connectivity index (χ2v) is 9.03. The summed E-state index contributed by atoms with van der Waals surface area (Å²) in [5.74, 6) is 0.551. The van der Waals surface area contributed by atoms with Gasteiger partial charge in [0.2, 0.25) is 0 Å². The molecular weight excluding hydrogens is 350 g/mol. The Balaban J connectivity index is 1.44. The van der Waals surface area contributed by atoms with Crippen LogP contribution in [0.2, 0.25) is 5.02 Å². The zero-order chi connectivity index (χ0) is 17.2. The van der Waals surface area contributed by atoms with Gasteiger partial charge in [-0.25, -0.2) is 13.2 Å². The highest BCUT2D eigenvalue weighted by Gasteiger charge is 2.34. The third kappa shape index (κ3) is 4.40. The Labute approximate surface area is 147 Å². The maximum absolute atomic E-state index is 12.2. The number of sulfone groups is 1. The van der Waals surface area contributed by atoms with E-state index in [1.165, 1.54) is 0 Å². The first-order valence-electron chi connectivity index (χ1n) is 8.15. The van der Waals surface area contributed by atoms with Crippen molar-refractivity contribution in [2.24, 2.45) is 0 Å². The monoisotopic (exact) mass is 371 g/mol. The van der Waals surface area contributed by atoms with E-state index in [-0.39, 0.29) is 17.8 Å². The first-order valence-corrected chi connectivity index (χ1v) is 10.3. The van der Waals surface area contributed by atoms with Crippen LogP contribution in [0.1, 0.15) is 12.0 Å². The van der Waals surface area contributed by atoms with Gasteiger partial charge in [0.15, 0.2) is 9.84 Å². The van der Waals surface area contributed by atoms with Crippen LogP contribution in [0.3, 0.4) is 0 Å². The fraction of sp³-hybridized carbons (Fsp3) is 0.562. The minimum absolute atomic E-state index is 0.0800. The average Bonchev–Trinajstić information content (AvgIpc) is 2.94. The molecule has 0 saturated carbocycles. The number of carbonyl (C=O) groups excluding carboxylic acids is 1. The molecule has 3 rings (SSSR count). The summed E-state index contributed by atoms with van der Waals surface area (Å²) in [5, 5.41) is 3.59. The molecular formula is C16H22ClN3O3S. The fourth-order valence-corrected chi connectivity index (χ4v) is 5.13. The predicted octanol–water partition coefficient (Wildman–Crippen LogP) is 1.35. The molecule has 6 nitrogen and oxygen atoms in total. The summed E-state index contributed by atoms with van der Waals surface area (Å²) in [6.07, 6.45) is 0.713. The van der Waals surface area contributed by atoms with Crippen LogP contribution in [0, 0.1) is 0 Å². The van der Waals surface area contributed by atoms with Gasteiger partial charge in [0.05, 0.1) is 11.5 Å². The molecule has 0 bridgehead atoms. The molecule has 2 aliphatic heterocycles. The lowest BCUT2D eigenvalue weighted by atomic mass is 10.2. The number of hydrogen-bond donors (Lipinski definition) is 1. The molecule has 1 aromatic rings. The van der Waals surface area contributed by atoms with E-state index in [0.29, 0.717) is 36.8 Å². The predicted molar refractivity (Wildman–Crippen MR) is 93.9 cm³/mol. The molecule has 24 heavy (non-hydrogen) atoms. The van der Waals surface area contributed by atoms with E-state index in [1.807, 2.05) is 12.1 Å². The highest BCUT2D eigenvalue weighted by Crippen LogP contribution is 2.19. The van der Waals surface area contributed by atoms with Crippen molar-refractivity contribution in [3.8, 4) is 0 Å². The SMILES string of the molecule is O=C(NCc1ccc(Cl)cc1)N1CCN(C2CCS(=O)(=O)C2)CC1. The first-order chi connectivity index (χ1) is 11.4. The lowest BCUT2D eigenvalue weighted by Gasteiger charge is -2.37. The molecule has 2 fully saturated rings. The van der Waals surface area contributed by atoms with Crippen molar-refractivity contribution in [2.75, 3.05) is 37.7 Å². The average molecular weight is 372 g/mol. The lowest BCUT2D eigenvalue weighted by Crippen LogP contribution is -2.54. The molecule has 2 heterocycles. The van der Waals surface area contributed by atoms with Gasteiger partial charge in [-0.05, 0) is 24.1 Å². The van der Waals surface area contributed by atoms with Gasteiger partial charge in [0.25, 0.3) is 0 Å². The van der Waals surface area contributed by atoms with E-state index in [9.17, 15) is 13.2 Å². The van der Waals surface area contributed by atoms with Gasteiger partial charge in [-0.3, -0.25) is 4.90 Å². The zero-order valence-electron chi connectivity index (χ0n) is 13.4. The van der Waals surface area contributed by atoms with E-state index < -0.39 is 9.84 Å². The van der Waals surface area contributed by atoms with Crippen LogP contribution in [0.25, 0.3) is 0 Å². The van der Waals surface area contributed by atoms with Gasteiger partial charge in [-0.2, -0.15) is 0 Å². The number of amides is 2. The summed E-state index contributed by atoms with van der Waals surface area (Å²) in [6.45, 7) is 3.19. The molecule has 0 aliphatic carbocycles. The number of halogens is 1. The number of nitrogens with one attached hydrogen (secondary N) is 1. The summed E-state index contributed by atoms with van der Waals surface area (Å²) in [6, 6.07) is 7.43. The molecule has 0 aromatic heterocycles. The Kier molecular flexibility index (Phi) is 5.32. The minimum atomic E-state index is -2.86. The third-order valence-corrected chi connectivity index (χ3v) is 6.69. The van der Waals surface area contributed by atoms with Gasteiger partial charge in [-0.15, -0.1) is 0 Å². The standard InChI is InChI=1S/C16H22ClN3O3S/c17-14-3-1-13(2-4-14)11-18-16(21)20-8-6-19(7-9-20)15-5-10-24(22,23)12-15/h1-4,15H,5-12H2,(H,18,21). The Hall–Kier alpha value is -1.31. The molecule has 8 heteroatoms. The summed E-state index contributed by atoms with van der Waals surface area (Å²) >= 11 is 5.84. The van der Waals surface area contributed by atoms with Crippen LogP contribution < -0.4 is 5.32 Å². The van der Waals surface area contributed by atoms with Crippen molar-refractivity contribution in [2.45, 2.75) is 19.0 Å². The van der Waals surface area contributed by atoms with Crippen LogP contribution in [-0.4, -0.2) is 68.0 Å². The normalized spacial score (nSPS) is 24.0. The molecule has 0 spiro atoms. The van der Waals surface area contributed by atoms with Gasteiger partial charge in [0.1, 0.15) is 0 Å². The topological polar surface area (TPSA) is 69.7 Å². The third-order valence-electron chi connectivity index (χ3n) is 4.68. The maximum atomic E-state index is 12.2. The number of hydrogen-bond acceptors (Lipinski definition) is 4. The van der Waals surface area contributed by atoms with E-state index in [1.54, 1.807) is 17.0 Å². The van der Waals surface area contributed by atoms with Crippen LogP contribution in [0.5, 0.6) is 0 Å². The Morgan fingerprint density at radius 2 is 1.83 bits per heavy atom. The Morgan fingerprint density at radius 3 is 2.42 bits per heavy atom. The molecule has 2 amide bonds. The largest absolute Gasteiger partial charge is 0.334 e. The van der Waals surface area contributed by atoms with Crippen molar-refractivity contribution in [3.05, 3.63) is 34.9 Å².